The fourth-order valence-electron chi connectivity index (χ4n) is 1.90. The molecule has 1 aromatic heterocycles. The molecule has 1 atom stereocenters. The molecule has 1 heterocycles. The molecule has 1 unspecified atom stereocenters. The lowest BCUT2D eigenvalue weighted by Crippen LogP contribution is -2.26. The zero-order valence-electron chi connectivity index (χ0n) is 10.4. The summed E-state index contributed by atoms with van der Waals surface area (Å²) in [5.74, 6) is -0.767. The van der Waals surface area contributed by atoms with Crippen LogP contribution in [-0.4, -0.2) is 28.5 Å². The molecule has 5 heteroatoms. The SMILES string of the molecule is CC1(C)CC1CNC(=O)c1ccc(C(=O)O)nc1. The van der Waals surface area contributed by atoms with Crippen LogP contribution in [-0.2, 0) is 0 Å². The summed E-state index contributed by atoms with van der Waals surface area (Å²) < 4.78 is 0. The van der Waals surface area contributed by atoms with E-state index in [1.165, 1.54) is 18.3 Å². The molecule has 18 heavy (non-hydrogen) atoms. The van der Waals surface area contributed by atoms with E-state index in [0.717, 1.165) is 6.42 Å². The monoisotopic (exact) mass is 248 g/mol. The maximum Gasteiger partial charge on any atom is 0.354 e. The predicted molar refractivity (Wildman–Crippen MR) is 65.4 cm³/mol. The summed E-state index contributed by atoms with van der Waals surface area (Å²) in [5, 5.41) is 11.5. The lowest BCUT2D eigenvalue weighted by Gasteiger charge is -2.06. The number of hydrogen-bond donors (Lipinski definition) is 2. The maximum atomic E-state index is 11.8. The molecule has 2 rings (SSSR count). The highest BCUT2D eigenvalue weighted by molar-refractivity contribution is 5.94. The van der Waals surface area contributed by atoms with Gasteiger partial charge >= 0.3 is 5.97 Å². The Balaban J connectivity index is 1.91. The van der Waals surface area contributed by atoms with Gasteiger partial charge in [0, 0.05) is 12.7 Å². The number of aromatic nitrogens is 1. The van der Waals surface area contributed by atoms with Crippen molar-refractivity contribution in [3.05, 3.63) is 29.6 Å². The molecule has 5 nitrogen and oxygen atoms in total. The minimum atomic E-state index is -1.10. The number of carboxylic acids is 1. The van der Waals surface area contributed by atoms with Crippen molar-refractivity contribution >= 4 is 11.9 Å². The summed E-state index contributed by atoms with van der Waals surface area (Å²) in [6.45, 7) is 5.01. The highest BCUT2D eigenvalue weighted by atomic mass is 16.4. The van der Waals surface area contributed by atoms with Crippen LogP contribution in [0.15, 0.2) is 18.3 Å². The minimum Gasteiger partial charge on any atom is -0.477 e. The molecule has 0 bridgehead atoms. The number of carbonyl (C=O) groups is 2. The second-order valence-electron chi connectivity index (χ2n) is 5.34. The molecular formula is C13H16N2O3. The normalized spacial score (nSPS) is 20.2. The largest absolute Gasteiger partial charge is 0.477 e. The van der Waals surface area contributed by atoms with E-state index in [-0.39, 0.29) is 11.6 Å². The quantitative estimate of drug-likeness (QED) is 0.847. The second kappa shape index (κ2) is 4.40. The van der Waals surface area contributed by atoms with Crippen LogP contribution in [0.25, 0.3) is 0 Å². The van der Waals surface area contributed by atoms with E-state index >= 15 is 0 Å². The maximum absolute atomic E-state index is 11.8. The van der Waals surface area contributed by atoms with Crippen LogP contribution >= 0.6 is 0 Å². The van der Waals surface area contributed by atoms with Crippen molar-refractivity contribution < 1.29 is 14.7 Å². The van der Waals surface area contributed by atoms with Crippen LogP contribution in [0.2, 0.25) is 0 Å². The summed E-state index contributed by atoms with van der Waals surface area (Å²) in [4.78, 5) is 26.1. The third-order valence-corrected chi connectivity index (χ3v) is 3.47. The number of nitrogens with zero attached hydrogens (tertiary/aromatic N) is 1. The molecule has 1 amide bonds. The summed E-state index contributed by atoms with van der Waals surface area (Å²) >= 11 is 0. The van der Waals surface area contributed by atoms with Gasteiger partial charge in [-0.15, -0.1) is 0 Å². The Labute approximate surface area is 105 Å². The Morgan fingerprint density at radius 2 is 2.17 bits per heavy atom. The summed E-state index contributed by atoms with van der Waals surface area (Å²) in [6, 6.07) is 2.81. The first-order valence-electron chi connectivity index (χ1n) is 5.88. The zero-order valence-corrected chi connectivity index (χ0v) is 10.4. The third kappa shape index (κ3) is 2.67. The van der Waals surface area contributed by atoms with Crippen LogP contribution in [0.3, 0.4) is 0 Å². The van der Waals surface area contributed by atoms with Crippen LogP contribution < -0.4 is 5.32 Å². The molecule has 2 N–H and O–H groups in total. The highest BCUT2D eigenvalue weighted by Crippen LogP contribution is 2.50. The number of aromatic carboxylic acids is 1. The zero-order chi connectivity index (χ0) is 13.3. The van der Waals surface area contributed by atoms with Crippen LogP contribution in [0.1, 0.15) is 41.1 Å². The number of rotatable bonds is 4. The Morgan fingerprint density at radius 3 is 2.61 bits per heavy atom. The number of carbonyl (C=O) groups excluding carboxylic acids is 1. The van der Waals surface area contributed by atoms with E-state index in [1.807, 2.05) is 0 Å². The van der Waals surface area contributed by atoms with E-state index in [2.05, 4.69) is 24.1 Å². The fourth-order valence-corrected chi connectivity index (χ4v) is 1.90. The third-order valence-electron chi connectivity index (χ3n) is 3.47. The van der Waals surface area contributed by atoms with Crippen molar-refractivity contribution in [3.63, 3.8) is 0 Å². The molecule has 1 fully saturated rings. The Kier molecular flexibility index (Phi) is 3.07. The summed E-state index contributed by atoms with van der Waals surface area (Å²) in [5.41, 5.74) is 0.659. The van der Waals surface area contributed by atoms with Gasteiger partial charge < -0.3 is 10.4 Å². The molecule has 0 radical (unpaired) electrons. The molecule has 0 aromatic carbocycles. The van der Waals surface area contributed by atoms with Gasteiger partial charge in [-0.1, -0.05) is 13.8 Å². The van der Waals surface area contributed by atoms with E-state index < -0.39 is 5.97 Å². The van der Waals surface area contributed by atoms with Gasteiger partial charge in [0.1, 0.15) is 5.69 Å². The topological polar surface area (TPSA) is 79.3 Å². The standard InChI is InChI=1S/C13H16N2O3/c1-13(2)5-9(13)7-15-11(16)8-3-4-10(12(17)18)14-6-8/h3-4,6,9H,5,7H2,1-2H3,(H,15,16)(H,17,18). The molecule has 1 saturated carbocycles. The van der Waals surface area contributed by atoms with Crippen molar-refractivity contribution in [2.24, 2.45) is 11.3 Å². The number of pyridine rings is 1. The first-order valence-corrected chi connectivity index (χ1v) is 5.88. The Morgan fingerprint density at radius 1 is 1.50 bits per heavy atom. The highest BCUT2D eigenvalue weighted by Gasteiger charge is 2.45. The second-order valence-corrected chi connectivity index (χ2v) is 5.34. The van der Waals surface area contributed by atoms with Gasteiger partial charge in [0.2, 0.25) is 0 Å². The van der Waals surface area contributed by atoms with Crippen molar-refractivity contribution in [1.29, 1.82) is 0 Å². The summed E-state index contributed by atoms with van der Waals surface area (Å²) in [6.07, 6.45) is 2.42. The first kappa shape index (κ1) is 12.5. The van der Waals surface area contributed by atoms with Gasteiger partial charge in [0.05, 0.1) is 5.56 Å². The molecule has 0 aliphatic heterocycles. The summed E-state index contributed by atoms with van der Waals surface area (Å²) in [7, 11) is 0. The van der Waals surface area contributed by atoms with Gasteiger partial charge in [0.15, 0.2) is 0 Å². The van der Waals surface area contributed by atoms with Gasteiger partial charge in [-0.3, -0.25) is 4.79 Å². The fraction of sp³-hybridized carbons (Fsp3) is 0.462. The molecule has 96 valence electrons. The average Bonchev–Trinajstić information content (AvgIpc) is 2.94. The molecule has 0 spiro atoms. The minimum absolute atomic E-state index is 0.0603. The molecule has 1 aliphatic rings. The number of carboxylic acid groups (broad SMARTS) is 1. The first-order chi connectivity index (χ1) is 8.40. The lowest BCUT2D eigenvalue weighted by atomic mass is 10.1. The van der Waals surface area contributed by atoms with E-state index in [4.69, 9.17) is 5.11 Å². The Bertz CT molecular complexity index is 480. The van der Waals surface area contributed by atoms with Gasteiger partial charge in [0.25, 0.3) is 5.91 Å². The predicted octanol–water partition coefficient (Wildman–Crippen LogP) is 1.56. The number of amides is 1. The molecular weight excluding hydrogens is 232 g/mol. The van der Waals surface area contributed by atoms with Crippen LogP contribution in [0.4, 0.5) is 0 Å². The van der Waals surface area contributed by atoms with Gasteiger partial charge in [-0.05, 0) is 29.9 Å². The van der Waals surface area contributed by atoms with Crippen LogP contribution in [0, 0.1) is 11.3 Å². The van der Waals surface area contributed by atoms with E-state index in [0.29, 0.717) is 23.4 Å². The average molecular weight is 248 g/mol. The van der Waals surface area contributed by atoms with Crippen molar-refractivity contribution in [3.8, 4) is 0 Å². The Hall–Kier alpha value is -1.91. The van der Waals surface area contributed by atoms with Crippen LogP contribution in [0.5, 0.6) is 0 Å². The van der Waals surface area contributed by atoms with Gasteiger partial charge in [-0.2, -0.15) is 0 Å². The van der Waals surface area contributed by atoms with E-state index in [1.54, 1.807) is 0 Å². The van der Waals surface area contributed by atoms with Crippen molar-refractivity contribution in [2.45, 2.75) is 20.3 Å². The van der Waals surface area contributed by atoms with Crippen molar-refractivity contribution in [1.82, 2.24) is 10.3 Å². The molecule has 1 aromatic rings. The molecule has 1 aliphatic carbocycles. The number of nitrogens with one attached hydrogen (secondary N) is 1. The van der Waals surface area contributed by atoms with Gasteiger partial charge in [-0.25, -0.2) is 9.78 Å². The van der Waals surface area contributed by atoms with E-state index in [9.17, 15) is 9.59 Å². The lowest BCUT2D eigenvalue weighted by molar-refractivity contribution is 0.0689. The van der Waals surface area contributed by atoms with Crippen molar-refractivity contribution in [2.75, 3.05) is 6.54 Å². The molecule has 0 saturated heterocycles. The number of hydrogen-bond acceptors (Lipinski definition) is 3. The smallest absolute Gasteiger partial charge is 0.354 e.